The Kier molecular flexibility index (Phi) is 8.04. The third-order valence-electron chi connectivity index (χ3n) is 5.84. The van der Waals surface area contributed by atoms with Gasteiger partial charge in [0, 0.05) is 35.9 Å². The molecule has 8 heteroatoms. The summed E-state index contributed by atoms with van der Waals surface area (Å²) in [5.41, 5.74) is 1.60. The van der Waals surface area contributed by atoms with E-state index in [0.717, 1.165) is 32.1 Å². The molecule has 1 saturated heterocycles. The summed E-state index contributed by atoms with van der Waals surface area (Å²) in [5.74, 6) is -0.360. The number of nitrogens with one attached hydrogen (secondary N) is 2. The Bertz CT molecular complexity index is 1020. The maximum absolute atomic E-state index is 12.7. The highest BCUT2D eigenvalue weighted by molar-refractivity contribution is 7.89. The monoisotopic (exact) mass is 457 g/mol. The number of sulfonamides is 1. The minimum Gasteiger partial charge on any atom is -0.326 e. The minimum absolute atomic E-state index is 0.0215. The molecule has 32 heavy (non-hydrogen) atoms. The molecule has 0 radical (unpaired) electrons. The Morgan fingerprint density at radius 2 is 1.38 bits per heavy atom. The van der Waals surface area contributed by atoms with E-state index in [-0.39, 0.29) is 22.6 Å². The molecular formula is C24H31N3O4S. The van der Waals surface area contributed by atoms with Gasteiger partial charge in [-0.2, -0.15) is 4.31 Å². The number of carbonyl (C=O) groups excluding carboxylic acids is 2. The quantitative estimate of drug-likeness (QED) is 0.611. The van der Waals surface area contributed by atoms with Crippen LogP contribution < -0.4 is 10.6 Å². The molecule has 1 fully saturated rings. The topological polar surface area (TPSA) is 95.6 Å². The maximum atomic E-state index is 12.7. The molecule has 0 bridgehead atoms. The van der Waals surface area contributed by atoms with Gasteiger partial charge in [-0.1, -0.05) is 20.3 Å². The second-order valence-electron chi connectivity index (χ2n) is 8.02. The highest BCUT2D eigenvalue weighted by atomic mass is 32.2. The largest absolute Gasteiger partial charge is 0.326 e. The van der Waals surface area contributed by atoms with E-state index in [0.29, 0.717) is 30.0 Å². The summed E-state index contributed by atoms with van der Waals surface area (Å²) in [6.07, 6.45) is 4.38. The molecule has 1 heterocycles. The van der Waals surface area contributed by atoms with Crippen molar-refractivity contribution in [1.82, 2.24) is 4.31 Å². The fraction of sp³-hybridized carbons (Fsp3) is 0.417. The zero-order chi connectivity index (χ0) is 23.1. The van der Waals surface area contributed by atoms with Crippen molar-refractivity contribution in [3.8, 4) is 0 Å². The number of hydrogen-bond donors (Lipinski definition) is 2. The molecular weight excluding hydrogens is 426 g/mol. The third-order valence-corrected chi connectivity index (χ3v) is 7.75. The summed E-state index contributed by atoms with van der Waals surface area (Å²) >= 11 is 0. The van der Waals surface area contributed by atoms with Crippen molar-refractivity contribution in [2.24, 2.45) is 5.92 Å². The van der Waals surface area contributed by atoms with Crippen LogP contribution in [0.2, 0.25) is 0 Å². The molecule has 0 spiro atoms. The van der Waals surface area contributed by atoms with Crippen molar-refractivity contribution >= 4 is 33.2 Å². The van der Waals surface area contributed by atoms with E-state index in [1.165, 1.54) is 16.4 Å². The second-order valence-corrected chi connectivity index (χ2v) is 9.96. The zero-order valence-electron chi connectivity index (χ0n) is 18.6. The van der Waals surface area contributed by atoms with E-state index in [4.69, 9.17) is 0 Å². The van der Waals surface area contributed by atoms with Gasteiger partial charge in [0.2, 0.25) is 15.9 Å². The van der Waals surface area contributed by atoms with Crippen LogP contribution in [0.15, 0.2) is 53.4 Å². The van der Waals surface area contributed by atoms with Crippen molar-refractivity contribution in [2.45, 2.75) is 50.8 Å². The van der Waals surface area contributed by atoms with Gasteiger partial charge in [-0.3, -0.25) is 9.59 Å². The first-order valence-corrected chi connectivity index (χ1v) is 12.6. The highest BCUT2D eigenvalue weighted by Gasteiger charge is 2.25. The molecule has 0 unspecified atom stereocenters. The molecule has 0 aromatic heterocycles. The van der Waals surface area contributed by atoms with E-state index in [9.17, 15) is 18.0 Å². The van der Waals surface area contributed by atoms with Gasteiger partial charge in [0.15, 0.2) is 0 Å². The van der Waals surface area contributed by atoms with Crippen LogP contribution in [0.4, 0.5) is 11.4 Å². The first-order chi connectivity index (χ1) is 15.3. The molecule has 2 N–H and O–H groups in total. The molecule has 0 saturated carbocycles. The van der Waals surface area contributed by atoms with Gasteiger partial charge >= 0.3 is 0 Å². The van der Waals surface area contributed by atoms with Crippen LogP contribution in [0.25, 0.3) is 0 Å². The lowest BCUT2D eigenvalue weighted by molar-refractivity contribution is -0.120. The lowest BCUT2D eigenvalue weighted by Gasteiger charge is -2.25. The van der Waals surface area contributed by atoms with Crippen molar-refractivity contribution in [1.29, 1.82) is 0 Å². The van der Waals surface area contributed by atoms with Crippen LogP contribution in [-0.4, -0.2) is 37.6 Å². The lowest BCUT2D eigenvalue weighted by atomic mass is 10.0. The average Bonchev–Trinajstić information content (AvgIpc) is 2.81. The Morgan fingerprint density at radius 3 is 1.94 bits per heavy atom. The van der Waals surface area contributed by atoms with Crippen LogP contribution >= 0.6 is 0 Å². The molecule has 1 aliphatic heterocycles. The van der Waals surface area contributed by atoms with Crippen molar-refractivity contribution in [3.05, 3.63) is 54.1 Å². The first-order valence-electron chi connectivity index (χ1n) is 11.2. The highest BCUT2D eigenvalue weighted by Crippen LogP contribution is 2.22. The van der Waals surface area contributed by atoms with E-state index in [1.807, 2.05) is 13.8 Å². The van der Waals surface area contributed by atoms with Crippen molar-refractivity contribution in [2.75, 3.05) is 23.7 Å². The summed E-state index contributed by atoms with van der Waals surface area (Å²) in [5, 5.41) is 5.65. The average molecular weight is 458 g/mol. The van der Waals surface area contributed by atoms with Crippen LogP contribution in [0.5, 0.6) is 0 Å². The summed E-state index contributed by atoms with van der Waals surface area (Å²) in [4.78, 5) is 25.0. The fourth-order valence-electron chi connectivity index (χ4n) is 3.78. The van der Waals surface area contributed by atoms with E-state index in [2.05, 4.69) is 10.6 Å². The van der Waals surface area contributed by atoms with E-state index >= 15 is 0 Å². The summed E-state index contributed by atoms with van der Waals surface area (Å²) < 4.78 is 27.0. The number of amides is 2. The standard InChI is InChI=1S/C24H31N3O4S/c1-3-18(4-2)23(28)25-20-10-8-19(9-11-20)24(29)26-21-12-14-22(15-13-21)32(30,31)27-16-6-5-7-17-27/h8-15,18H,3-7,16-17H2,1-2H3,(H,25,28)(H,26,29). The lowest BCUT2D eigenvalue weighted by Crippen LogP contribution is -2.35. The van der Waals surface area contributed by atoms with Gasteiger partial charge in [0.05, 0.1) is 4.90 Å². The van der Waals surface area contributed by atoms with Gasteiger partial charge < -0.3 is 10.6 Å². The molecule has 2 aromatic carbocycles. The Labute approximate surface area is 190 Å². The predicted molar refractivity (Wildman–Crippen MR) is 126 cm³/mol. The number of hydrogen-bond acceptors (Lipinski definition) is 4. The number of nitrogens with zero attached hydrogens (tertiary/aromatic N) is 1. The molecule has 7 nitrogen and oxygen atoms in total. The van der Waals surface area contributed by atoms with Crippen molar-refractivity contribution < 1.29 is 18.0 Å². The molecule has 0 aliphatic carbocycles. The smallest absolute Gasteiger partial charge is 0.255 e. The van der Waals surface area contributed by atoms with Crippen LogP contribution in [0, 0.1) is 5.92 Å². The second kappa shape index (κ2) is 10.7. The summed E-state index contributed by atoms with van der Waals surface area (Å²) in [6.45, 7) is 5.07. The van der Waals surface area contributed by atoms with Gasteiger partial charge in [-0.15, -0.1) is 0 Å². The summed E-state index contributed by atoms with van der Waals surface area (Å²) in [6, 6.07) is 12.9. The SMILES string of the molecule is CCC(CC)C(=O)Nc1ccc(C(=O)Nc2ccc(S(=O)(=O)N3CCCCC3)cc2)cc1. The number of piperidine rings is 1. The molecule has 2 amide bonds. The molecule has 2 aromatic rings. The number of benzene rings is 2. The predicted octanol–water partition coefficient (Wildman–Crippen LogP) is 4.49. The zero-order valence-corrected chi connectivity index (χ0v) is 19.5. The minimum atomic E-state index is -3.50. The van der Waals surface area contributed by atoms with E-state index < -0.39 is 10.0 Å². The van der Waals surface area contributed by atoms with Gasteiger partial charge in [-0.05, 0) is 74.2 Å². The van der Waals surface area contributed by atoms with Crippen LogP contribution in [-0.2, 0) is 14.8 Å². The van der Waals surface area contributed by atoms with Gasteiger partial charge in [-0.25, -0.2) is 8.42 Å². The van der Waals surface area contributed by atoms with Crippen molar-refractivity contribution in [3.63, 3.8) is 0 Å². The van der Waals surface area contributed by atoms with Gasteiger partial charge in [0.25, 0.3) is 5.91 Å². The van der Waals surface area contributed by atoms with E-state index in [1.54, 1.807) is 36.4 Å². The number of rotatable bonds is 8. The molecule has 0 atom stereocenters. The van der Waals surface area contributed by atoms with Crippen LogP contribution in [0.3, 0.4) is 0 Å². The first kappa shape index (κ1) is 23.9. The molecule has 172 valence electrons. The third kappa shape index (κ3) is 5.75. The molecule has 1 aliphatic rings. The summed E-state index contributed by atoms with van der Waals surface area (Å²) in [7, 11) is -3.50. The Hall–Kier alpha value is -2.71. The number of anilines is 2. The maximum Gasteiger partial charge on any atom is 0.255 e. The Balaban J connectivity index is 1.61. The van der Waals surface area contributed by atoms with Crippen LogP contribution in [0.1, 0.15) is 56.3 Å². The van der Waals surface area contributed by atoms with Gasteiger partial charge in [0.1, 0.15) is 0 Å². The number of carbonyl (C=O) groups is 2. The fourth-order valence-corrected chi connectivity index (χ4v) is 5.29. The Morgan fingerprint density at radius 1 is 0.844 bits per heavy atom. The normalized spacial score (nSPS) is 14.8. The molecule has 3 rings (SSSR count).